The number of aryl methyl sites for hydroxylation is 1. The summed E-state index contributed by atoms with van der Waals surface area (Å²) in [6.07, 6.45) is 2.38. The zero-order valence-electron chi connectivity index (χ0n) is 11.4. The van der Waals surface area contributed by atoms with Gasteiger partial charge in [0, 0.05) is 17.5 Å². The summed E-state index contributed by atoms with van der Waals surface area (Å²) >= 11 is 0. The van der Waals surface area contributed by atoms with Crippen LogP contribution in [0.15, 0.2) is 10.9 Å². The third-order valence-electron chi connectivity index (χ3n) is 3.41. The summed E-state index contributed by atoms with van der Waals surface area (Å²) in [5.41, 5.74) is 0.607. The minimum atomic E-state index is -0.684. The number of carbonyl (C=O) groups is 2. The Morgan fingerprint density at radius 1 is 1.35 bits per heavy atom. The molecule has 2 heterocycles. The number of halogens is 1. The van der Waals surface area contributed by atoms with Gasteiger partial charge >= 0.3 is 0 Å². The number of nitrogens with one attached hydrogen (secondary N) is 1. The van der Waals surface area contributed by atoms with Gasteiger partial charge in [-0.15, -0.1) is 0 Å². The first-order valence-electron chi connectivity index (χ1n) is 6.74. The molecule has 0 aliphatic carbocycles. The number of pyridine rings is 1. The molecule has 2 amide bonds. The molecule has 0 saturated carbocycles. The molecule has 0 bridgehead atoms. The number of carbonyl (C=O) groups excluding carboxylic acids is 2. The summed E-state index contributed by atoms with van der Waals surface area (Å²) in [6.45, 7) is 1.47. The van der Waals surface area contributed by atoms with Crippen molar-refractivity contribution >= 4 is 11.8 Å². The average Bonchev–Trinajstić information content (AvgIpc) is 2.39. The van der Waals surface area contributed by atoms with Gasteiger partial charge in [0.1, 0.15) is 12.2 Å². The monoisotopic (exact) mass is 280 g/mol. The van der Waals surface area contributed by atoms with Crippen LogP contribution in [0.5, 0.6) is 0 Å². The summed E-state index contributed by atoms with van der Waals surface area (Å²) in [5, 5.41) is 2.12. The van der Waals surface area contributed by atoms with Crippen LogP contribution in [0.2, 0.25) is 0 Å². The van der Waals surface area contributed by atoms with Gasteiger partial charge in [0.25, 0.3) is 5.91 Å². The van der Waals surface area contributed by atoms with E-state index in [1.165, 1.54) is 6.07 Å². The number of imide groups is 1. The molecule has 1 aromatic heterocycles. The van der Waals surface area contributed by atoms with E-state index in [0.717, 1.165) is 12.8 Å². The lowest BCUT2D eigenvalue weighted by molar-refractivity contribution is -0.119. The molecular weight excluding hydrogens is 263 g/mol. The van der Waals surface area contributed by atoms with E-state index in [-0.39, 0.29) is 18.5 Å². The maximum atomic E-state index is 12.8. The first kappa shape index (κ1) is 14.4. The fourth-order valence-electron chi connectivity index (χ4n) is 2.49. The molecule has 2 rings (SSSR count). The molecule has 108 valence electrons. The minimum absolute atomic E-state index is 0.0294. The van der Waals surface area contributed by atoms with Crippen LogP contribution in [0.4, 0.5) is 4.39 Å². The van der Waals surface area contributed by atoms with Crippen LogP contribution in [0, 0.1) is 0 Å². The van der Waals surface area contributed by atoms with E-state index in [9.17, 15) is 18.8 Å². The topological polar surface area (TPSA) is 68.2 Å². The molecule has 20 heavy (non-hydrogen) atoms. The Kier molecular flexibility index (Phi) is 4.32. The number of nitrogens with zero attached hydrogens (tertiary/aromatic N) is 1. The molecule has 6 heteroatoms. The minimum Gasteiger partial charge on any atom is -0.344 e. The van der Waals surface area contributed by atoms with Gasteiger partial charge in [-0.05, 0) is 12.8 Å². The van der Waals surface area contributed by atoms with Crippen LogP contribution in [0.3, 0.4) is 0 Å². The summed E-state index contributed by atoms with van der Waals surface area (Å²) in [5.74, 6) is -1.14. The number of unbranched alkanes of at least 4 members (excludes halogenated alkanes) is 1. The number of hydrogen-bond acceptors (Lipinski definition) is 3. The van der Waals surface area contributed by atoms with Crippen LogP contribution in [0.1, 0.15) is 41.5 Å². The predicted molar refractivity (Wildman–Crippen MR) is 71.5 cm³/mol. The molecule has 0 saturated heterocycles. The summed E-state index contributed by atoms with van der Waals surface area (Å²) in [7, 11) is 0. The van der Waals surface area contributed by atoms with Crippen LogP contribution < -0.4 is 10.7 Å². The Hall–Kier alpha value is -1.98. The second-order valence-electron chi connectivity index (χ2n) is 4.82. The van der Waals surface area contributed by atoms with Crippen molar-refractivity contribution in [2.24, 2.45) is 0 Å². The van der Waals surface area contributed by atoms with Crippen LogP contribution in [-0.4, -0.2) is 23.1 Å². The van der Waals surface area contributed by atoms with Gasteiger partial charge in [-0.1, -0.05) is 13.3 Å². The molecule has 1 N–H and O–H groups in total. The molecule has 5 nitrogen and oxygen atoms in total. The van der Waals surface area contributed by atoms with Crippen molar-refractivity contribution < 1.29 is 14.0 Å². The predicted octanol–water partition coefficient (Wildman–Crippen LogP) is 0.973. The van der Waals surface area contributed by atoms with E-state index in [1.54, 1.807) is 4.57 Å². The van der Waals surface area contributed by atoms with Crippen molar-refractivity contribution in [1.82, 2.24) is 9.88 Å². The summed E-state index contributed by atoms with van der Waals surface area (Å²) in [4.78, 5) is 35.3. The highest BCUT2D eigenvalue weighted by Gasteiger charge is 2.28. The van der Waals surface area contributed by atoms with Crippen molar-refractivity contribution in [2.45, 2.75) is 39.2 Å². The zero-order valence-corrected chi connectivity index (χ0v) is 11.4. The third-order valence-corrected chi connectivity index (χ3v) is 3.41. The van der Waals surface area contributed by atoms with Gasteiger partial charge in [0.2, 0.25) is 5.91 Å². The Labute approximate surface area is 115 Å². The molecule has 0 unspecified atom stereocenters. The van der Waals surface area contributed by atoms with Crippen molar-refractivity contribution in [3.63, 3.8) is 0 Å². The number of alkyl halides is 1. The van der Waals surface area contributed by atoms with Crippen molar-refractivity contribution in [3.05, 3.63) is 33.2 Å². The van der Waals surface area contributed by atoms with Crippen LogP contribution >= 0.6 is 0 Å². The van der Waals surface area contributed by atoms with E-state index in [0.29, 0.717) is 17.8 Å². The Morgan fingerprint density at radius 3 is 2.75 bits per heavy atom. The number of fused-ring (bicyclic) bond motifs is 1. The first-order valence-corrected chi connectivity index (χ1v) is 6.74. The molecule has 0 fully saturated rings. The Bertz CT molecular complexity index is 607. The van der Waals surface area contributed by atoms with Gasteiger partial charge in [-0.2, -0.15) is 0 Å². The smallest absolute Gasteiger partial charge is 0.263 e. The zero-order chi connectivity index (χ0) is 14.7. The van der Waals surface area contributed by atoms with E-state index < -0.39 is 23.9 Å². The van der Waals surface area contributed by atoms with Crippen LogP contribution in [-0.2, 0) is 24.2 Å². The summed E-state index contributed by atoms with van der Waals surface area (Å²) in [6, 6.07) is 1.39. The van der Waals surface area contributed by atoms with E-state index in [4.69, 9.17) is 0 Å². The van der Waals surface area contributed by atoms with Gasteiger partial charge in [0.05, 0.1) is 13.0 Å². The van der Waals surface area contributed by atoms with Gasteiger partial charge in [-0.3, -0.25) is 19.7 Å². The van der Waals surface area contributed by atoms with E-state index >= 15 is 0 Å². The number of rotatable bonds is 5. The highest BCUT2D eigenvalue weighted by molar-refractivity contribution is 6.09. The van der Waals surface area contributed by atoms with Crippen LogP contribution in [0.25, 0.3) is 0 Å². The second-order valence-corrected chi connectivity index (χ2v) is 4.82. The average molecular weight is 280 g/mol. The van der Waals surface area contributed by atoms with E-state index in [1.807, 2.05) is 6.92 Å². The standard InChI is InChI=1S/C14H17FN2O3/c1-2-3-4-9-7-11(18)13-10(17(9)6-5-15)8-12(19)16-14(13)20/h7H,2-6,8H2,1H3,(H,16,19,20). The molecule has 1 aliphatic heterocycles. The SMILES string of the molecule is CCCCc1cc(=O)c2c(n1CCF)CC(=O)NC2=O. The third kappa shape index (κ3) is 2.64. The van der Waals surface area contributed by atoms with Gasteiger partial charge in [-0.25, -0.2) is 4.39 Å². The quantitative estimate of drug-likeness (QED) is 0.817. The normalized spacial score (nSPS) is 14.1. The molecule has 1 aliphatic rings. The second kappa shape index (κ2) is 5.98. The molecular formula is C14H17FN2O3. The molecule has 0 atom stereocenters. The number of hydrogen-bond donors (Lipinski definition) is 1. The first-order chi connectivity index (χ1) is 9.58. The Morgan fingerprint density at radius 2 is 2.10 bits per heavy atom. The largest absolute Gasteiger partial charge is 0.344 e. The van der Waals surface area contributed by atoms with Crippen molar-refractivity contribution in [1.29, 1.82) is 0 Å². The molecule has 1 aromatic rings. The van der Waals surface area contributed by atoms with Crippen molar-refractivity contribution in [3.8, 4) is 0 Å². The lowest BCUT2D eigenvalue weighted by Gasteiger charge is -2.23. The lowest BCUT2D eigenvalue weighted by atomic mass is 10.0. The molecule has 0 spiro atoms. The number of amides is 2. The van der Waals surface area contributed by atoms with Gasteiger partial charge in [0.15, 0.2) is 5.43 Å². The fourth-order valence-corrected chi connectivity index (χ4v) is 2.49. The molecule has 0 radical (unpaired) electrons. The fraction of sp³-hybridized carbons (Fsp3) is 0.500. The maximum Gasteiger partial charge on any atom is 0.263 e. The van der Waals surface area contributed by atoms with Crippen molar-refractivity contribution in [2.75, 3.05) is 6.67 Å². The van der Waals surface area contributed by atoms with Gasteiger partial charge < -0.3 is 4.57 Å². The highest BCUT2D eigenvalue weighted by atomic mass is 19.1. The lowest BCUT2D eigenvalue weighted by Crippen LogP contribution is -2.43. The maximum absolute atomic E-state index is 12.8. The van der Waals surface area contributed by atoms with E-state index in [2.05, 4.69) is 5.32 Å². The highest BCUT2D eigenvalue weighted by Crippen LogP contribution is 2.16. The summed E-state index contributed by atoms with van der Waals surface area (Å²) < 4.78 is 14.4. The number of aromatic nitrogens is 1. The Balaban J connectivity index is 2.59. The molecule has 0 aromatic carbocycles.